The Bertz CT molecular complexity index is 678. The molecule has 1 aromatic heterocycles. The van der Waals surface area contributed by atoms with Crippen LogP contribution in [0.4, 0.5) is 11.5 Å². The van der Waals surface area contributed by atoms with Crippen molar-refractivity contribution in [2.24, 2.45) is 4.99 Å². The average Bonchev–Trinajstić information content (AvgIpc) is 2.58. The fraction of sp³-hybridized carbons (Fsp3) is 0.353. The van der Waals surface area contributed by atoms with Crippen molar-refractivity contribution in [1.29, 1.82) is 0 Å². The van der Waals surface area contributed by atoms with Crippen molar-refractivity contribution in [1.82, 2.24) is 9.97 Å². The third kappa shape index (κ3) is 3.84. The summed E-state index contributed by atoms with van der Waals surface area (Å²) in [5.41, 5.74) is 8.23. The standard InChI is InChI=1S/C17H21N5O/c1-19-10-13-11-20-16(12-5-7-14(18)8-6-12)22-17(13)21-15-4-2-3-9-23-15/h5-8,10-11,15H,2-4,9,18H2,1H3,(H,20,21,22). The minimum absolute atomic E-state index is 0.0121. The van der Waals surface area contributed by atoms with Gasteiger partial charge in [0.25, 0.3) is 0 Å². The maximum Gasteiger partial charge on any atom is 0.161 e. The smallest absolute Gasteiger partial charge is 0.161 e. The van der Waals surface area contributed by atoms with E-state index in [1.807, 2.05) is 24.3 Å². The van der Waals surface area contributed by atoms with Crippen LogP contribution in [0.2, 0.25) is 0 Å². The summed E-state index contributed by atoms with van der Waals surface area (Å²) < 4.78 is 5.74. The largest absolute Gasteiger partial charge is 0.399 e. The van der Waals surface area contributed by atoms with E-state index in [-0.39, 0.29) is 6.23 Å². The van der Waals surface area contributed by atoms with Crippen LogP contribution in [0.15, 0.2) is 35.5 Å². The molecule has 2 heterocycles. The number of nitrogens with one attached hydrogen (secondary N) is 1. The summed E-state index contributed by atoms with van der Waals surface area (Å²) >= 11 is 0. The van der Waals surface area contributed by atoms with Gasteiger partial charge in [0.15, 0.2) is 5.82 Å². The number of aliphatic imine (C=N–C) groups is 1. The zero-order valence-corrected chi connectivity index (χ0v) is 13.2. The van der Waals surface area contributed by atoms with Gasteiger partial charge in [-0.2, -0.15) is 0 Å². The van der Waals surface area contributed by atoms with E-state index in [9.17, 15) is 0 Å². The molecule has 1 aromatic carbocycles. The molecule has 2 aromatic rings. The highest BCUT2D eigenvalue weighted by Gasteiger charge is 2.16. The predicted octanol–water partition coefficient (Wildman–Crippen LogP) is 2.71. The van der Waals surface area contributed by atoms with Crippen LogP contribution in [0.25, 0.3) is 11.4 Å². The number of ether oxygens (including phenoxy) is 1. The number of hydrogen-bond donors (Lipinski definition) is 2. The van der Waals surface area contributed by atoms with Gasteiger partial charge >= 0.3 is 0 Å². The molecule has 1 aliphatic rings. The summed E-state index contributed by atoms with van der Waals surface area (Å²) in [5, 5.41) is 3.37. The summed E-state index contributed by atoms with van der Waals surface area (Å²) in [7, 11) is 1.73. The Hall–Kier alpha value is -2.47. The molecule has 6 heteroatoms. The summed E-state index contributed by atoms with van der Waals surface area (Å²) in [6.45, 7) is 0.783. The molecule has 1 aliphatic heterocycles. The van der Waals surface area contributed by atoms with Gasteiger partial charge in [-0.25, -0.2) is 9.97 Å². The molecule has 0 radical (unpaired) electrons. The Morgan fingerprint density at radius 2 is 2.13 bits per heavy atom. The topological polar surface area (TPSA) is 85.4 Å². The number of aromatic nitrogens is 2. The van der Waals surface area contributed by atoms with Crippen LogP contribution in [0, 0.1) is 0 Å². The first kappa shape index (κ1) is 15.4. The Morgan fingerprint density at radius 3 is 2.83 bits per heavy atom. The minimum Gasteiger partial charge on any atom is -0.399 e. The number of benzene rings is 1. The van der Waals surface area contributed by atoms with Gasteiger partial charge in [-0.05, 0) is 43.5 Å². The van der Waals surface area contributed by atoms with Gasteiger partial charge in [0.05, 0.1) is 5.56 Å². The summed E-state index contributed by atoms with van der Waals surface area (Å²) in [6, 6.07) is 7.52. The van der Waals surface area contributed by atoms with Crippen molar-refractivity contribution < 1.29 is 4.74 Å². The van der Waals surface area contributed by atoms with Crippen molar-refractivity contribution in [3.05, 3.63) is 36.0 Å². The molecule has 3 rings (SSSR count). The molecule has 120 valence electrons. The second-order valence-corrected chi connectivity index (χ2v) is 5.51. The van der Waals surface area contributed by atoms with Crippen LogP contribution in [-0.2, 0) is 4.74 Å². The van der Waals surface area contributed by atoms with Crippen molar-refractivity contribution in [3.63, 3.8) is 0 Å². The molecular weight excluding hydrogens is 290 g/mol. The van der Waals surface area contributed by atoms with Gasteiger partial charge in [0.1, 0.15) is 12.0 Å². The first-order chi connectivity index (χ1) is 11.3. The lowest BCUT2D eigenvalue weighted by molar-refractivity contribution is 0.0341. The second kappa shape index (κ2) is 7.19. The van der Waals surface area contributed by atoms with E-state index in [4.69, 9.17) is 10.5 Å². The van der Waals surface area contributed by atoms with Gasteiger partial charge < -0.3 is 15.8 Å². The number of hydrogen-bond acceptors (Lipinski definition) is 6. The minimum atomic E-state index is -0.0121. The Kier molecular flexibility index (Phi) is 4.83. The summed E-state index contributed by atoms with van der Waals surface area (Å²) in [6.07, 6.45) is 6.76. The number of nitrogen functional groups attached to an aromatic ring is 1. The van der Waals surface area contributed by atoms with Gasteiger partial charge in [-0.1, -0.05) is 0 Å². The van der Waals surface area contributed by atoms with Crippen LogP contribution < -0.4 is 11.1 Å². The second-order valence-electron chi connectivity index (χ2n) is 5.51. The molecule has 0 spiro atoms. The maximum atomic E-state index is 5.74. The van der Waals surface area contributed by atoms with Crippen LogP contribution in [0.5, 0.6) is 0 Å². The fourth-order valence-electron chi connectivity index (χ4n) is 2.52. The normalized spacial score (nSPS) is 18.2. The van der Waals surface area contributed by atoms with E-state index >= 15 is 0 Å². The zero-order valence-electron chi connectivity index (χ0n) is 13.2. The highest BCUT2D eigenvalue weighted by molar-refractivity contribution is 5.86. The van der Waals surface area contributed by atoms with E-state index in [2.05, 4.69) is 20.3 Å². The van der Waals surface area contributed by atoms with Gasteiger partial charge in [0.2, 0.25) is 0 Å². The van der Waals surface area contributed by atoms with Crippen molar-refractivity contribution in [3.8, 4) is 11.4 Å². The number of anilines is 2. The average molecular weight is 311 g/mol. The maximum absolute atomic E-state index is 5.74. The number of rotatable bonds is 4. The van der Waals surface area contributed by atoms with Crippen molar-refractivity contribution >= 4 is 17.7 Å². The molecule has 6 nitrogen and oxygen atoms in total. The molecule has 1 saturated heterocycles. The van der Waals surface area contributed by atoms with Crippen LogP contribution in [0.3, 0.4) is 0 Å². The molecule has 23 heavy (non-hydrogen) atoms. The first-order valence-electron chi connectivity index (χ1n) is 7.79. The lowest BCUT2D eigenvalue weighted by Crippen LogP contribution is -2.28. The Balaban J connectivity index is 1.90. The van der Waals surface area contributed by atoms with E-state index < -0.39 is 0 Å². The third-order valence-corrected chi connectivity index (χ3v) is 3.73. The van der Waals surface area contributed by atoms with Crippen LogP contribution in [-0.4, -0.2) is 36.1 Å². The molecule has 0 aliphatic carbocycles. The van der Waals surface area contributed by atoms with Gasteiger partial charge in [0, 0.05) is 37.3 Å². The summed E-state index contributed by atoms with van der Waals surface area (Å²) in [4.78, 5) is 13.1. The SMILES string of the molecule is CN=Cc1cnc(-c2ccc(N)cc2)nc1NC1CCCCO1. The monoisotopic (exact) mass is 311 g/mol. The summed E-state index contributed by atoms with van der Waals surface area (Å²) in [5.74, 6) is 1.39. The first-order valence-corrected chi connectivity index (χ1v) is 7.79. The molecule has 1 fully saturated rings. The van der Waals surface area contributed by atoms with Gasteiger partial charge in [-0.15, -0.1) is 0 Å². The lowest BCUT2D eigenvalue weighted by Gasteiger charge is -2.24. The molecule has 3 N–H and O–H groups in total. The van der Waals surface area contributed by atoms with Crippen LogP contribution in [0.1, 0.15) is 24.8 Å². The molecule has 0 amide bonds. The van der Waals surface area contributed by atoms with Crippen molar-refractivity contribution in [2.75, 3.05) is 24.7 Å². The van der Waals surface area contributed by atoms with E-state index in [1.54, 1.807) is 19.5 Å². The molecule has 0 bridgehead atoms. The van der Waals surface area contributed by atoms with Crippen molar-refractivity contribution in [2.45, 2.75) is 25.5 Å². The lowest BCUT2D eigenvalue weighted by atomic mass is 10.1. The highest BCUT2D eigenvalue weighted by Crippen LogP contribution is 2.22. The molecule has 1 unspecified atom stereocenters. The van der Waals surface area contributed by atoms with E-state index in [0.29, 0.717) is 5.82 Å². The van der Waals surface area contributed by atoms with Crippen LogP contribution >= 0.6 is 0 Å². The molecular formula is C17H21N5O. The van der Waals surface area contributed by atoms with Gasteiger partial charge in [-0.3, -0.25) is 4.99 Å². The van der Waals surface area contributed by atoms with E-state index in [1.165, 1.54) is 0 Å². The third-order valence-electron chi connectivity index (χ3n) is 3.73. The molecule has 1 atom stereocenters. The predicted molar refractivity (Wildman–Crippen MR) is 92.6 cm³/mol. The van der Waals surface area contributed by atoms with E-state index in [0.717, 1.165) is 48.5 Å². The Labute approximate surface area is 135 Å². The molecule has 0 saturated carbocycles. The quantitative estimate of drug-likeness (QED) is 0.670. The number of nitrogens with zero attached hydrogens (tertiary/aromatic N) is 3. The fourth-order valence-corrected chi connectivity index (χ4v) is 2.52. The zero-order chi connectivity index (χ0) is 16.1. The Morgan fingerprint density at radius 1 is 1.30 bits per heavy atom. The number of nitrogens with two attached hydrogens (primary N) is 1. The highest BCUT2D eigenvalue weighted by atomic mass is 16.5.